The van der Waals surface area contributed by atoms with Crippen LogP contribution in [0.3, 0.4) is 0 Å². The van der Waals surface area contributed by atoms with E-state index in [4.69, 9.17) is 5.11 Å². The molecule has 0 saturated carbocycles. The Morgan fingerprint density at radius 3 is 2.50 bits per heavy atom. The second-order valence-corrected chi connectivity index (χ2v) is 5.84. The maximum absolute atomic E-state index is 12.3. The van der Waals surface area contributed by atoms with Crippen molar-refractivity contribution in [2.45, 2.75) is 4.90 Å². The Hall–Kier alpha value is -2.35. The lowest BCUT2D eigenvalue weighted by Gasteiger charge is -2.19. The Morgan fingerprint density at radius 1 is 1.30 bits per heavy atom. The highest BCUT2D eigenvalue weighted by atomic mass is 32.2. The normalized spacial score (nSPS) is 15.2. The van der Waals surface area contributed by atoms with Crippen molar-refractivity contribution in [2.24, 2.45) is 0 Å². The quantitative estimate of drug-likeness (QED) is 0.890. The number of carboxylic acid groups (broad SMARTS) is 1. The molecule has 0 radical (unpaired) electrons. The molecule has 8 heteroatoms. The molecule has 2 rings (SSSR count). The third-order valence-corrected chi connectivity index (χ3v) is 4.56. The predicted molar refractivity (Wildman–Crippen MR) is 68.4 cm³/mol. The summed E-state index contributed by atoms with van der Waals surface area (Å²) in [7, 11) is -2.88. The van der Waals surface area contributed by atoms with Crippen molar-refractivity contribution in [1.82, 2.24) is 4.90 Å². The molecular formula is C12H11NO6S. The number of carboxylic acids is 1. The molecule has 0 aromatic heterocycles. The number of fused-ring (bicyclic) bond motifs is 1. The van der Waals surface area contributed by atoms with Crippen LogP contribution in [0.25, 0.3) is 6.08 Å². The van der Waals surface area contributed by atoms with Crippen molar-refractivity contribution < 1.29 is 27.9 Å². The van der Waals surface area contributed by atoms with Crippen LogP contribution in [-0.2, 0) is 19.4 Å². The van der Waals surface area contributed by atoms with E-state index in [9.17, 15) is 18.0 Å². The van der Waals surface area contributed by atoms with Crippen molar-refractivity contribution in [2.75, 3.05) is 13.7 Å². The van der Waals surface area contributed by atoms with Crippen molar-refractivity contribution >= 4 is 28.0 Å². The second-order valence-electron chi connectivity index (χ2n) is 3.97. The van der Waals surface area contributed by atoms with Crippen molar-refractivity contribution in [3.05, 3.63) is 34.9 Å². The van der Waals surface area contributed by atoms with E-state index in [1.165, 1.54) is 12.1 Å². The molecule has 20 heavy (non-hydrogen) atoms. The van der Waals surface area contributed by atoms with E-state index >= 15 is 0 Å². The van der Waals surface area contributed by atoms with Crippen LogP contribution in [0.1, 0.15) is 5.56 Å². The van der Waals surface area contributed by atoms with Gasteiger partial charge < -0.3 is 9.84 Å². The molecule has 106 valence electrons. The Balaban J connectivity index is 2.52. The van der Waals surface area contributed by atoms with Gasteiger partial charge in [-0.1, -0.05) is 18.2 Å². The minimum Gasteiger partial charge on any atom is -0.480 e. The van der Waals surface area contributed by atoms with Crippen LogP contribution in [-0.4, -0.2) is 44.1 Å². The average Bonchev–Trinajstić information content (AvgIpc) is 2.67. The number of benzene rings is 1. The summed E-state index contributed by atoms with van der Waals surface area (Å²) in [6, 6.07) is 6.15. The highest BCUT2D eigenvalue weighted by Gasteiger charge is 2.37. The Labute approximate surface area is 115 Å². The zero-order valence-corrected chi connectivity index (χ0v) is 11.3. The number of carbonyl (C=O) groups excluding carboxylic acids is 1. The van der Waals surface area contributed by atoms with E-state index < -0.39 is 33.5 Å². The summed E-state index contributed by atoms with van der Waals surface area (Å²) in [6.07, 6.45) is 0.208. The smallest absolute Gasteiger partial charge is 0.415 e. The second kappa shape index (κ2) is 4.97. The number of hydrogen-bond donors (Lipinski definition) is 1. The molecule has 0 unspecified atom stereocenters. The van der Waals surface area contributed by atoms with Crippen LogP contribution in [0.2, 0.25) is 0 Å². The lowest BCUT2D eigenvalue weighted by molar-refractivity contribution is -0.137. The van der Waals surface area contributed by atoms with Crippen LogP contribution in [0.15, 0.2) is 34.2 Å². The molecular weight excluding hydrogens is 286 g/mol. The van der Waals surface area contributed by atoms with E-state index in [0.29, 0.717) is 10.5 Å². The summed E-state index contributed by atoms with van der Waals surface area (Å²) >= 11 is 0. The van der Waals surface area contributed by atoms with E-state index in [2.05, 4.69) is 4.74 Å². The van der Waals surface area contributed by atoms with Gasteiger partial charge >= 0.3 is 12.1 Å². The van der Waals surface area contributed by atoms with Gasteiger partial charge in [-0.05, 0) is 17.7 Å². The van der Waals surface area contributed by atoms with Gasteiger partial charge in [0, 0.05) is 0 Å². The van der Waals surface area contributed by atoms with Gasteiger partial charge in [0.2, 0.25) is 9.84 Å². The molecule has 0 aliphatic carbocycles. The predicted octanol–water partition coefficient (Wildman–Crippen LogP) is 0.925. The highest BCUT2D eigenvalue weighted by Crippen LogP contribution is 2.34. The number of nitrogens with zero attached hydrogens (tertiary/aromatic N) is 1. The van der Waals surface area contributed by atoms with Crippen LogP contribution in [0, 0.1) is 0 Å². The molecule has 0 bridgehead atoms. The summed E-state index contributed by atoms with van der Waals surface area (Å²) in [5, 5.41) is 8.41. The standard InChI is InChI=1S/C12H11NO6S/c1-19-12(16)13(7-11(14)15)10-6-8-4-2-3-5-9(8)20(10,17)18/h2-6H,7H2,1H3,(H,14,15). The number of amides is 1. The van der Waals surface area contributed by atoms with Gasteiger partial charge in [0.15, 0.2) is 0 Å². The van der Waals surface area contributed by atoms with E-state index in [0.717, 1.165) is 7.11 Å². The molecule has 7 nitrogen and oxygen atoms in total. The zero-order chi connectivity index (χ0) is 14.9. The minimum absolute atomic E-state index is 0.0364. The number of sulfone groups is 1. The zero-order valence-electron chi connectivity index (χ0n) is 10.4. The van der Waals surface area contributed by atoms with Crippen molar-refractivity contribution in [1.29, 1.82) is 0 Å². The van der Waals surface area contributed by atoms with Gasteiger partial charge in [0.05, 0.1) is 12.0 Å². The average molecular weight is 297 g/mol. The highest BCUT2D eigenvalue weighted by molar-refractivity contribution is 7.95. The number of methoxy groups -OCH3 is 1. The fraction of sp³-hybridized carbons (Fsp3) is 0.167. The fourth-order valence-corrected chi connectivity index (χ4v) is 3.50. The van der Waals surface area contributed by atoms with Gasteiger partial charge in [-0.15, -0.1) is 0 Å². The summed E-state index contributed by atoms with van der Waals surface area (Å²) in [4.78, 5) is 23.0. The minimum atomic E-state index is -3.92. The van der Waals surface area contributed by atoms with Crippen LogP contribution in [0.4, 0.5) is 4.79 Å². The first-order valence-corrected chi connectivity index (χ1v) is 6.99. The number of ether oxygens (including phenoxy) is 1. The van der Waals surface area contributed by atoms with Gasteiger partial charge in [0.1, 0.15) is 11.6 Å². The summed E-state index contributed by atoms with van der Waals surface area (Å²) in [5.41, 5.74) is 0.404. The monoisotopic (exact) mass is 297 g/mol. The van der Waals surface area contributed by atoms with Crippen molar-refractivity contribution in [3.8, 4) is 0 Å². The molecule has 1 heterocycles. The maximum Gasteiger partial charge on any atom is 0.415 e. The van der Waals surface area contributed by atoms with Gasteiger partial charge in [-0.2, -0.15) is 0 Å². The topological polar surface area (TPSA) is 101 Å². The summed E-state index contributed by atoms with van der Waals surface area (Å²) in [6.45, 7) is -0.800. The van der Waals surface area contributed by atoms with Crippen LogP contribution < -0.4 is 0 Å². The van der Waals surface area contributed by atoms with Crippen LogP contribution >= 0.6 is 0 Å². The first-order chi connectivity index (χ1) is 9.37. The number of hydrogen-bond acceptors (Lipinski definition) is 5. The largest absolute Gasteiger partial charge is 0.480 e. The molecule has 1 aromatic carbocycles. The van der Waals surface area contributed by atoms with E-state index in [-0.39, 0.29) is 4.90 Å². The van der Waals surface area contributed by atoms with Crippen molar-refractivity contribution in [3.63, 3.8) is 0 Å². The molecule has 0 atom stereocenters. The number of carbonyl (C=O) groups is 2. The van der Waals surface area contributed by atoms with E-state index in [1.54, 1.807) is 18.2 Å². The van der Waals surface area contributed by atoms with Gasteiger partial charge in [0.25, 0.3) is 0 Å². The first-order valence-electron chi connectivity index (χ1n) is 5.51. The van der Waals surface area contributed by atoms with Crippen LogP contribution in [0.5, 0.6) is 0 Å². The lowest BCUT2D eigenvalue weighted by Crippen LogP contribution is -2.36. The van der Waals surface area contributed by atoms with E-state index in [1.807, 2.05) is 0 Å². The molecule has 1 N–H and O–H groups in total. The third-order valence-electron chi connectivity index (χ3n) is 2.72. The van der Waals surface area contributed by atoms with Gasteiger partial charge in [-0.25, -0.2) is 13.2 Å². The molecule has 0 spiro atoms. The van der Waals surface area contributed by atoms with Gasteiger partial charge in [-0.3, -0.25) is 9.69 Å². The summed E-state index contributed by atoms with van der Waals surface area (Å²) < 4.78 is 29.1. The first kappa shape index (κ1) is 14.1. The summed E-state index contributed by atoms with van der Waals surface area (Å²) in [5.74, 6) is -1.34. The number of aliphatic carboxylic acids is 1. The Bertz CT molecular complexity index is 706. The maximum atomic E-state index is 12.3. The molecule has 0 fully saturated rings. The Morgan fingerprint density at radius 2 is 1.95 bits per heavy atom. The molecule has 1 aliphatic heterocycles. The Kier molecular flexibility index (Phi) is 3.49. The molecule has 1 amide bonds. The fourth-order valence-electron chi connectivity index (χ4n) is 1.87. The SMILES string of the molecule is COC(=O)N(CC(=O)O)C1=Cc2ccccc2S1(=O)=O. The lowest BCUT2D eigenvalue weighted by atomic mass is 10.2. The number of rotatable bonds is 3. The molecule has 1 aliphatic rings. The molecule has 0 saturated heterocycles. The third kappa shape index (κ3) is 2.25. The molecule has 1 aromatic rings.